The van der Waals surface area contributed by atoms with Crippen LogP contribution in [-0.4, -0.2) is 12.6 Å². The third kappa shape index (κ3) is 22.4. The molecule has 2 heteroatoms. The molecule has 0 amide bonds. The van der Waals surface area contributed by atoms with Crippen LogP contribution < -0.4 is 0 Å². The predicted molar refractivity (Wildman–Crippen MR) is 89.0 cm³/mol. The lowest BCUT2D eigenvalue weighted by molar-refractivity contribution is -0.143. The van der Waals surface area contributed by atoms with Gasteiger partial charge in [-0.15, -0.1) is 6.58 Å². The van der Waals surface area contributed by atoms with E-state index in [-0.39, 0.29) is 5.97 Å². The largest absolute Gasteiger partial charge is 0.466 e. The summed E-state index contributed by atoms with van der Waals surface area (Å²) in [6.07, 6.45) is 15.1. The topological polar surface area (TPSA) is 26.3 Å². The van der Waals surface area contributed by atoms with Gasteiger partial charge in [-0.05, 0) is 26.2 Å². The Hall–Kier alpha value is -0.790. The molecule has 120 valence electrons. The molecule has 0 aromatic heterocycles. The van der Waals surface area contributed by atoms with Crippen LogP contribution in [0.5, 0.6) is 0 Å². The number of hydrogen-bond acceptors (Lipinski definition) is 2. The van der Waals surface area contributed by atoms with Crippen LogP contribution >= 0.6 is 0 Å². The number of carbonyl (C=O) groups is 1. The molecule has 0 unspecified atom stereocenters. The van der Waals surface area contributed by atoms with E-state index in [9.17, 15) is 4.79 Å². The molecule has 0 N–H and O–H groups in total. The summed E-state index contributed by atoms with van der Waals surface area (Å²) in [5.74, 6) is -0.0472. The highest BCUT2D eigenvalue weighted by Crippen LogP contribution is 2.05. The van der Waals surface area contributed by atoms with E-state index in [2.05, 4.69) is 20.4 Å². The van der Waals surface area contributed by atoms with Gasteiger partial charge in [0, 0.05) is 6.42 Å². The van der Waals surface area contributed by atoms with Crippen LogP contribution in [0.15, 0.2) is 12.7 Å². The van der Waals surface area contributed by atoms with Gasteiger partial charge in [0.1, 0.15) is 0 Å². The first-order valence-corrected chi connectivity index (χ1v) is 8.49. The summed E-state index contributed by atoms with van der Waals surface area (Å²) in [7, 11) is 0. The van der Waals surface area contributed by atoms with Crippen molar-refractivity contribution in [1.29, 1.82) is 0 Å². The zero-order valence-corrected chi connectivity index (χ0v) is 14.1. The van der Waals surface area contributed by atoms with Crippen molar-refractivity contribution in [3.63, 3.8) is 0 Å². The lowest BCUT2D eigenvalue weighted by Gasteiger charge is -2.00. The van der Waals surface area contributed by atoms with Crippen molar-refractivity contribution >= 4 is 5.97 Å². The van der Waals surface area contributed by atoms with Crippen LogP contribution in [-0.2, 0) is 9.53 Å². The first-order chi connectivity index (χ1) is 9.72. The van der Waals surface area contributed by atoms with Crippen molar-refractivity contribution in [2.24, 2.45) is 0 Å². The van der Waals surface area contributed by atoms with Gasteiger partial charge in [0.15, 0.2) is 0 Å². The molecule has 0 aromatic carbocycles. The average Bonchev–Trinajstić information content (AvgIpc) is 2.44. The Balaban J connectivity index is 0. The summed E-state index contributed by atoms with van der Waals surface area (Å²) in [4.78, 5) is 10.9. The molecule has 0 heterocycles. The second-order valence-corrected chi connectivity index (χ2v) is 5.11. The summed E-state index contributed by atoms with van der Waals surface area (Å²) in [5, 5.41) is 0. The highest BCUT2D eigenvalue weighted by atomic mass is 16.5. The molecule has 0 fully saturated rings. The van der Waals surface area contributed by atoms with E-state index in [0.29, 0.717) is 13.0 Å². The average molecular weight is 284 g/mol. The third-order valence-corrected chi connectivity index (χ3v) is 3.05. The molecule has 0 spiro atoms. The molecule has 0 aliphatic heterocycles. The van der Waals surface area contributed by atoms with Crippen LogP contribution in [0, 0.1) is 0 Å². The Bertz CT molecular complexity index is 200. The minimum atomic E-state index is -0.0472. The summed E-state index contributed by atoms with van der Waals surface area (Å²) in [5.41, 5.74) is 0. The van der Waals surface area contributed by atoms with Crippen LogP contribution in [0.4, 0.5) is 0 Å². The summed E-state index contributed by atoms with van der Waals surface area (Å²) < 4.78 is 4.81. The van der Waals surface area contributed by atoms with Crippen LogP contribution in [0.3, 0.4) is 0 Å². The Kier molecular flexibility index (Phi) is 22.1. The van der Waals surface area contributed by atoms with E-state index in [4.69, 9.17) is 4.74 Å². The summed E-state index contributed by atoms with van der Waals surface area (Å²) in [6.45, 7) is 10.4. The maximum absolute atomic E-state index is 10.9. The van der Waals surface area contributed by atoms with Gasteiger partial charge in [0.2, 0.25) is 0 Å². The number of carbonyl (C=O) groups excluding carboxylic acids is 1. The van der Waals surface area contributed by atoms with Gasteiger partial charge in [-0.25, -0.2) is 0 Å². The van der Waals surface area contributed by atoms with Gasteiger partial charge in [-0.2, -0.15) is 0 Å². The molecule has 0 radical (unpaired) electrons. The maximum atomic E-state index is 10.9. The van der Waals surface area contributed by atoms with E-state index < -0.39 is 0 Å². The molecule has 0 bridgehead atoms. The summed E-state index contributed by atoms with van der Waals surface area (Å²) >= 11 is 0. The van der Waals surface area contributed by atoms with E-state index in [1.807, 2.05) is 13.0 Å². The smallest absolute Gasteiger partial charge is 0.305 e. The predicted octanol–water partition coefficient (Wildman–Crippen LogP) is 6.05. The van der Waals surface area contributed by atoms with Gasteiger partial charge >= 0.3 is 5.97 Å². The minimum Gasteiger partial charge on any atom is -0.466 e. The van der Waals surface area contributed by atoms with Crippen molar-refractivity contribution < 1.29 is 9.53 Å². The zero-order chi connectivity index (χ0) is 15.5. The third-order valence-electron chi connectivity index (χ3n) is 3.05. The molecule has 0 aromatic rings. The lowest BCUT2D eigenvalue weighted by Crippen LogP contribution is -2.02. The van der Waals surface area contributed by atoms with E-state index in [1.54, 1.807) is 0 Å². The van der Waals surface area contributed by atoms with Crippen molar-refractivity contribution in [2.45, 2.75) is 91.4 Å². The first kappa shape index (κ1) is 21.5. The lowest BCUT2D eigenvalue weighted by atomic mass is 10.1. The fourth-order valence-electron chi connectivity index (χ4n) is 1.82. The molecular weight excluding hydrogens is 248 g/mol. The van der Waals surface area contributed by atoms with Crippen molar-refractivity contribution in [1.82, 2.24) is 0 Å². The number of esters is 1. The zero-order valence-electron chi connectivity index (χ0n) is 14.1. The second kappa shape index (κ2) is 20.5. The van der Waals surface area contributed by atoms with Crippen molar-refractivity contribution in [3.05, 3.63) is 12.7 Å². The molecular formula is C18H36O2. The van der Waals surface area contributed by atoms with E-state index >= 15 is 0 Å². The SMILES string of the molecule is C=CCCCCCC.CCCCCCCC(=O)OCC. The normalized spacial score (nSPS) is 9.55. The number of allylic oxidation sites excluding steroid dienone is 1. The Labute approximate surface area is 127 Å². The van der Waals surface area contributed by atoms with Gasteiger partial charge in [-0.3, -0.25) is 4.79 Å². The van der Waals surface area contributed by atoms with Crippen molar-refractivity contribution in [2.75, 3.05) is 6.61 Å². The van der Waals surface area contributed by atoms with Crippen LogP contribution in [0.2, 0.25) is 0 Å². The van der Waals surface area contributed by atoms with Gasteiger partial charge in [-0.1, -0.05) is 64.9 Å². The monoisotopic (exact) mass is 284 g/mol. The molecule has 20 heavy (non-hydrogen) atoms. The molecule has 0 aliphatic carbocycles. The van der Waals surface area contributed by atoms with Crippen molar-refractivity contribution in [3.8, 4) is 0 Å². The molecule has 0 saturated carbocycles. The molecule has 2 nitrogen and oxygen atoms in total. The summed E-state index contributed by atoms with van der Waals surface area (Å²) in [6, 6.07) is 0. The van der Waals surface area contributed by atoms with Crippen LogP contribution in [0.1, 0.15) is 91.4 Å². The molecule has 0 aliphatic rings. The molecule has 0 saturated heterocycles. The quantitative estimate of drug-likeness (QED) is 0.247. The highest BCUT2D eigenvalue weighted by Gasteiger charge is 1.99. The Morgan fingerprint density at radius 1 is 0.900 bits per heavy atom. The Morgan fingerprint density at radius 3 is 1.95 bits per heavy atom. The fraction of sp³-hybridized carbons (Fsp3) is 0.833. The van der Waals surface area contributed by atoms with E-state index in [0.717, 1.165) is 12.8 Å². The number of hydrogen-bond donors (Lipinski definition) is 0. The number of rotatable bonds is 12. The molecule has 0 atom stereocenters. The van der Waals surface area contributed by atoms with E-state index in [1.165, 1.54) is 51.4 Å². The standard InChI is InChI=1S/C10H20O2.C8H16/c1-3-5-6-7-8-9-10(11)12-4-2;1-3-5-7-8-6-4-2/h3-9H2,1-2H3;3H,1,4-8H2,2H3. The van der Waals surface area contributed by atoms with Gasteiger partial charge in [0.25, 0.3) is 0 Å². The minimum absolute atomic E-state index is 0.0472. The fourth-order valence-corrected chi connectivity index (χ4v) is 1.82. The second-order valence-electron chi connectivity index (χ2n) is 5.11. The number of unbranched alkanes of at least 4 members (excludes halogenated alkanes) is 8. The molecule has 0 rings (SSSR count). The van der Waals surface area contributed by atoms with Gasteiger partial charge < -0.3 is 4.74 Å². The van der Waals surface area contributed by atoms with Gasteiger partial charge in [0.05, 0.1) is 6.61 Å². The highest BCUT2D eigenvalue weighted by molar-refractivity contribution is 5.69. The van der Waals surface area contributed by atoms with Crippen LogP contribution in [0.25, 0.3) is 0 Å². The maximum Gasteiger partial charge on any atom is 0.305 e. The first-order valence-electron chi connectivity index (χ1n) is 8.49. The Morgan fingerprint density at radius 2 is 1.45 bits per heavy atom. The number of ether oxygens (including phenoxy) is 1.